The van der Waals surface area contributed by atoms with Crippen molar-refractivity contribution >= 4 is 15.9 Å². The SMILES string of the molecule is C=C(/C=C/Br)CCCC. The summed E-state index contributed by atoms with van der Waals surface area (Å²) in [5.74, 6) is 0. The molecule has 0 bridgehead atoms. The first-order valence-corrected chi connectivity index (χ1v) is 4.17. The second-order valence-electron chi connectivity index (χ2n) is 2.05. The van der Waals surface area contributed by atoms with E-state index in [1.165, 1.54) is 18.4 Å². The Morgan fingerprint density at radius 1 is 1.67 bits per heavy atom. The molecule has 0 nitrogen and oxygen atoms in total. The number of unbranched alkanes of at least 4 members (excludes halogenated alkanes) is 1. The van der Waals surface area contributed by atoms with Gasteiger partial charge in [-0.1, -0.05) is 47.5 Å². The maximum absolute atomic E-state index is 3.87. The van der Waals surface area contributed by atoms with Crippen LogP contribution in [0.1, 0.15) is 26.2 Å². The number of hydrogen-bond acceptors (Lipinski definition) is 0. The van der Waals surface area contributed by atoms with E-state index in [-0.39, 0.29) is 0 Å². The molecule has 0 atom stereocenters. The maximum Gasteiger partial charge on any atom is -0.0186 e. The summed E-state index contributed by atoms with van der Waals surface area (Å²) >= 11 is 3.20. The summed E-state index contributed by atoms with van der Waals surface area (Å²) < 4.78 is 0. The quantitative estimate of drug-likeness (QED) is 0.592. The predicted molar refractivity (Wildman–Crippen MR) is 46.7 cm³/mol. The Labute approximate surface area is 65.8 Å². The maximum atomic E-state index is 3.87. The highest BCUT2D eigenvalue weighted by Gasteiger charge is 1.85. The van der Waals surface area contributed by atoms with Crippen molar-refractivity contribution in [1.82, 2.24) is 0 Å². The number of allylic oxidation sites excluding steroid dienone is 2. The molecule has 9 heavy (non-hydrogen) atoms. The van der Waals surface area contributed by atoms with Gasteiger partial charge in [0.15, 0.2) is 0 Å². The molecule has 0 aliphatic rings. The van der Waals surface area contributed by atoms with Crippen LogP contribution in [0.5, 0.6) is 0 Å². The third-order valence-corrected chi connectivity index (χ3v) is 1.41. The molecular weight excluding hydrogens is 176 g/mol. The molecule has 0 aromatic carbocycles. The molecule has 0 radical (unpaired) electrons. The Morgan fingerprint density at radius 3 is 2.78 bits per heavy atom. The average molecular weight is 189 g/mol. The number of rotatable bonds is 4. The van der Waals surface area contributed by atoms with Crippen molar-refractivity contribution in [2.45, 2.75) is 26.2 Å². The Kier molecular flexibility index (Phi) is 6.06. The monoisotopic (exact) mass is 188 g/mol. The predicted octanol–water partition coefficient (Wildman–Crippen LogP) is 3.64. The summed E-state index contributed by atoms with van der Waals surface area (Å²) in [6, 6.07) is 0. The molecule has 0 aromatic rings. The third-order valence-electron chi connectivity index (χ3n) is 1.15. The number of halogens is 1. The fraction of sp³-hybridized carbons (Fsp3) is 0.500. The minimum Gasteiger partial charge on any atom is -0.0958 e. The van der Waals surface area contributed by atoms with Gasteiger partial charge in [0, 0.05) is 0 Å². The molecule has 1 heteroatoms. The first kappa shape index (κ1) is 8.96. The average Bonchev–Trinajstić information content (AvgIpc) is 1.85. The van der Waals surface area contributed by atoms with Crippen molar-refractivity contribution < 1.29 is 0 Å². The largest absolute Gasteiger partial charge is 0.0958 e. The minimum absolute atomic E-state index is 1.12. The van der Waals surface area contributed by atoms with Crippen molar-refractivity contribution in [3.8, 4) is 0 Å². The van der Waals surface area contributed by atoms with E-state index in [4.69, 9.17) is 0 Å². The van der Waals surface area contributed by atoms with Gasteiger partial charge in [-0.15, -0.1) is 0 Å². The number of hydrogen-bond donors (Lipinski definition) is 0. The van der Waals surface area contributed by atoms with Crippen LogP contribution in [0, 0.1) is 0 Å². The first-order valence-electron chi connectivity index (χ1n) is 3.25. The zero-order valence-electron chi connectivity index (χ0n) is 5.86. The van der Waals surface area contributed by atoms with Crippen LogP contribution < -0.4 is 0 Å². The van der Waals surface area contributed by atoms with Crippen LogP contribution >= 0.6 is 15.9 Å². The highest BCUT2D eigenvalue weighted by Crippen LogP contribution is 2.06. The fourth-order valence-corrected chi connectivity index (χ4v) is 0.950. The smallest absolute Gasteiger partial charge is 0.0186 e. The summed E-state index contributed by atoms with van der Waals surface area (Å²) in [4.78, 5) is 1.85. The van der Waals surface area contributed by atoms with Gasteiger partial charge in [-0.2, -0.15) is 0 Å². The van der Waals surface area contributed by atoms with Gasteiger partial charge in [0.1, 0.15) is 0 Å². The first-order chi connectivity index (χ1) is 4.31. The molecule has 0 fully saturated rings. The zero-order chi connectivity index (χ0) is 7.11. The Balaban J connectivity index is 3.27. The summed E-state index contributed by atoms with van der Waals surface area (Å²) in [7, 11) is 0. The molecule has 0 saturated heterocycles. The van der Waals surface area contributed by atoms with Crippen molar-refractivity contribution in [2.24, 2.45) is 0 Å². The van der Waals surface area contributed by atoms with Crippen LogP contribution in [-0.2, 0) is 0 Å². The topological polar surface area (TPSA) is 0 Å². The molecule has 0 N–H and O–H groups in total. The molecule has 0 aliphatic carbocycles. The Morgan fingerprint density at radius 2 is 2.33 bits per heavy atom. The van der Waals surface area contributed by atoms with Crippen LogP contribution in [0.25, 0.3) is 0 Å². The lowest BCUT2D eigenvalue weighted by molar-refractivity contribution is 0.800. The van der Waals surface area contributed by atoms with Gasteiger partial charge in [0.05, 0.1) is 0 Å². The second kappa shape index (κ2) is 6.09. The lowest BCUT2D eigenvalue weighted by Crippen LogP contribution is -1.74. The van der Waals surface area contributed by atoms with Crippen LogP contribution in [0.2, 0.25) is 0 Å². The third kappa shape index (κ3) is 5.84. The normalized spacial score (nSPS) is 10.4. The summed E-state index contributed by atoms with van der Waals surface area (Å²) in [5.41, 5.74) is 1.20. The molecule has 52 valence electrons. The Bertz CT molecular complexity index is 103. The van der Waals surface area contributed by atoms with Crippen molar-refractivity contribution in [1.29, 1.82) is 0 Å². The van der Waals surface area contributed by atoms with Crippen LogP contribution in [0.3, 0.4) is 0 Å². The standard InChI is InChI=1S/C8H13Br/c1-3-4-5-8(2)6-7-9/h6-7H,2-5H2,1H3/b7-6+. The van der Waals surface area contributed by atoms with Crippen molar-refractivity contribution in [3.63, 3.8) is 0 Å². The van der Waals surface area contributed by atoms with Gasteiger partial charge < -0.3 is 0 Å². The summed E-state index contributed by atoms with van der Waals surface area (Å²) in [6.45, 7) is 6.05. The van der Waals surface area contributed by atoms with E-state index >= 15 is 0 Å². The second-order valence-corrected chi connectivity index (χ2v) is 2.58. The van der Waals surface area contributed by atoms with Gasteiger partial charge in [0.2, 0.25) is 0 Å². The van der Waals surface area contributed by atoms with Gasteiger partial charge in [-0.3, -0.25) is 0 Å². The molecule has 0 aromatic heterocycles. The van der Waals surface area contributed by atoms with E-state index in [0.29, 0.717) is 0 Å². The van der Waals surface area contributed by atoms with E-state index < -0.39 is 0 Å². The highest BCUT2D eigenvalue weighted by molar-refractivity contribution is 9.11. The van der Waals surface area contributed by atoms with Crippen LogP contribution in [0.15, 0.2) is 23.2 Å². The summed E-state index contributed by atoms with van der Waals surface area (Å²) in [6.07, 6.45) is 5.61. The van der Waals surface area contributed by atoms with E-state index in [0.717, 1.165) is 6.42 Å². The Hall–Kier alpha value is -0.0400. The molecule has 0 amide bonds. The van der Waals surface area contributed by atoms with Crippen molar-refractivity contribution in [2.75, 3.05) is 0 Å². The van der Waals surface area contributed by atoms with E-state index in [1.54, 1.807) is 0 Å². The van der Waals surface area contributed by atoms with E-state index in [1.807, 2.05) is 11.1 Å². The lowest BCUT2D eigenvalue weighted by atomic mass is 10.1. The van der Waals surface area contributed by atoms with E-state index in [2.05, 4.69) is 29.4 Å². The van der Waals surface area contributed by atoms with Crippen LogP contribution in [-0.4, -0.2) is 0 Å². The minimum atomic E-state index is 1.12. The molecule has 0 aliphatic heterocycles. The highest BCUT2D eigenvalue weighted by atomic mass is 79.9. The van der Waals surface area contributed by atoms with Crippen molar-refractivity contribution in [3.05, 3.63) is 23.2 Å². The van der Waals surface area contributed by atoms with Gasteiger partial charge >= 0.3 is 0 Å². The molecule has 0 heterocycles. The molecule has 0 unspecified atom stereocenters. The lowest BCUT2D eigenvalue weighted by Gasteiger charge is -1.94. The van der Waals surface area contributed by atoms with E-state index in [9.17, 15) is 0 Å². The fourth-order valence-electron chi connectivity index (χ4n) is 0.576. The van der Waals surface area contributed by atoms with Crippen LogP contribution in [0.4, 0.5) is 0 Å². The molecule has 0 saturated carbocycles. The van der Waals surface area contributed by atoms with Gasteiger partial charge in [-0.05, 0) is 17.8 Å². The molecular formula is C8H13Br. The zero-order valence-corrected chi connectivity index (χ0v) is 7.45. The molecule has 0 spiro atoms. The van der Waals surface area contributed by atoms with Gasteiger partial charge in [-0.25, -0.2) is 0 Å². The molecule has 0 rings (SSSR count). The van der Waals surface area contributed by atoms with Gasteiger partial charge in [0.25, 0.3) is 0 Å². The summed E-state index contributed by atoms with van der Waals surface area (Å²) in [5, 5.41) is 0.